The SMILES string of the molecule is COc1cc(NCCC2=CCCCC2)c(F)cc1N. The molecule has 0 radical (unpaired) electrons. The highest BCUT2D eigenvalue weighted by molar-refractivity contribution is 5.62. The molecule has 0 bridgehead atoms. The van der Waals surface area contributed by atoms with Gasteiger partial charge in [-0.1, -0.05) is 11.6 Å². The summed E-state index contributed by atoms with van der Waals surface area (Å²) in [7, 11) is 1.53. The summed E-state index contributed by atoms with van der Waals surface area (Å²) in [5.41, 5.74) is 7.88. The number of methoxy groups -OCH3 is 1. The fourth-order valence-corrected chi connectivity index (χ4v) is 2.37. The molecule has 1 aromatic rings. The fourth-order valence-electron chi connectivity index (χ4n) is 2.37. The number of nitrogens with two attached hydrogens (primary N) is 1. The Morgan fingerprint density at radius 1 is 1.37 bits per heavy atom. The maximum absolute atomic E-state index is 13.7. The van der Waals surface area contributed by atoms with Gasteiger partial charge in [-0.05, 0) is 32.1 Å². The van der Waals surface area contributed by atoms with Crippen molar-refractivity contribution in [2.24, 2.45) is 0 Å². The minimum atomic E-state index is -0.337. The van der Waals surface area contributed by atoms with E-state index in [1.165, 1.54) is 44.4 Å². The number of ether oxygens (including phenoxy) is 1. The van der Waals surface area contributed by atoms with Gasteiger partial charge in [-0.25, -0.2) is 4.39 Å². The lowest BCUT2D eigenvalue weighted by atomic mass is 9.97. The van der Waals surface area contributed by atoms with E-state index in [0.29, 0.717) is 17.1 Å². The zero-order valence-corrected chi connectivity index (χ0v) is 11.3. The largest absolute Gasteiger partial charge is 0.495 e. The van der Waals surface area contributed by atoms with Crippen LogP contribution in [0.2, 0.25) is 0 Å². The Morgan fingerprint density at radius 3 is 2.89 bits per heavy atom. The maximum atomic E-state index is 13.7. The number of nitrogens with one attached hydrogen (secondary N) is 1. The molecule has 0 saturated carbocycles. The van der Waals surface area contributed by atoms with Gasteiger partial charge in [0.05, 0.1) is 18.5 Å². The number of hydrogen-bond acceptors (Lipinski definition) is 3. The van der Waals surface area contributed by atoms with Crippen LogP contribution in [0.25, 0.3) is 0 Å². The molecule has 0 aromatic heterocycles. The molecule has 0 saturated heterocycles. The molecule has 0 unspecified atom stereocenters. The summed E-state index contributed by atoms with van der Waals surface area (Å²) >= 11 is 0. The van der Waals surface area contributed by atoms with E-state index >= 15 is 0 Å². The number of anilines is 2. The summed E-state index contributed by atoms with van der Waals surface area (Å²) in [6.07, 6.45) is 8.20. The lowest BCUT2D eigenvalue weighted by molar-refractivity contribution is 0.416. The summed E-state index contributed by atoms with van der Waals surface area (Å²) < 4.78 is 18.8. The third-order valence-corrected chi connectivity index (χ3v) is 3.47. The molecule has 1 aliphatic carbocycles. The van der Waals surface area contributed by atoms with E-state index in [4.69, 9.17) is 10.5 Å². The Hall–Kier alpha value is -1.71. The third-order valence-electron chi connectivity index (χ3n) is 3.47. The molecule has 0 spiro atoms. The summed E-state index contributed by atoms with van der Waals surface area (Å²) in [4.78, 5) is 0. The Labute approximate surface area is 113 Å². The van der Waals surface area contributed by atoms with E-state index in [1.807, 2.05) is 0 Å². The standard InChI is InChI=1S/C15H21FN2O/c1-19-15-10-14(12(16)9-13(15)17)18-8-7-11-5-3-2-4-6-11/h5,9-10,18H,2-4,6-8,17H2,1H3. The molecule has 0 fully saturated rings. The molecule has 1 aromatic carbocycles. The Bertz CT molecular complexity index is 471. The first-order chi connectivity index (χ1) is 9.20. The zero-order valence-electron chi connectivity index (χ0n) is 11.3. The van der Waals surface area contributed by atoms with Crippen molar-refractivity contribution in [3.8, 4) is 5.75 Å². The fraction of sp³-hybridized carbons (Fsp3) is 0.467. The molecular formula is C15H21FN2O. The number of allylic oxidation sites excluding steroid dienone is 1. The molecule has 4 heteroatoms. The van der Waals surface area contributed by atoms with Crippen LogP contribution in [0.4, 0.5) is 15.8 Å². The smallest absolute Gasteiger partial charge is 0.148 e. The molecule has 0 atom stereocenters. The van der Waals surface area contributed by atoms with Gasteiger partial charge >= 0.3 is 0 Å². The topological polar surface area (TPSA) is 47.3 Å². The Kier molecular flexibility index (Phi) is 4.66. The average Bonchev–Trinajstić information content (AvgIpc) is 2.42. The molecular weight excluding hydrogens is 243 g/mol. The second-order valence-electron chi connectivity index (χ2n) is 4.86. The van der Waals surface area contributed by atoms with Gasteiger partial charge in [-0.2, -0.15) is 0 Å². The Balaban J connectivity index is 1.93. The molecule has 2 rings (SSSR count). The van der Waals surface area contributed by atoms with Crippen LogP contribution in [0.3, 0.4) is 0 Å². The van der Waals surface area contributed by atoms with Crippen molar-refractivity contribution >= 4 is 11.4 Å². The highest BCUT2D eigenvalue weighted by atomic mass is 19.1. The van der Waals surface area contributed by atoms with Crippen LogP contribution in [-0.2, 0) is 0 Å². The van der Waals surface area contributed by atoms with Gasteiger partial charge in [0.2, 0.25) is 0 Å². The first kappa shape index (κ1) is 13.7. The van der Waals surface area contributed by atoms with E-state index in [-0.39, 0.29) is 5.82 Å². The normalized spacial score (nSPS) is 14.9. The second-order valence-corrected chi connectivity index (χ2v) is 4.86. The molecule has 0 aliphatic heterocycles. The summed E-state index contributed by atoms with van der Waals surface area (Å²) in [6.45, 7) is 0.732. The lowest BCUT2D eigenvalue weighted by Gasteiger charge is -2.14. The van der Waals surface area contributed by atoms with Crippen molar-refractivity contribution in [1.82, 2.24) is 0 Å². The van der Waals surface area contributed by atoms with Crippen molar-refractivity contribution < 1.29 is 9.13 Å². The van der Waals surface area contributed by atoms with Crippen LogP contribution in [0, 0.1) is 5.82 Å². The minimum Gasteiger partial charge on any atom is -0.495 e. The molecule has 0 heterocycles. The summed E-state index contributed by atoms with van der Waals surface area (Å²) in [5, 5.41) is 3.11. The lowest BCUT2D eigenvalue weighted by Crippen LogP contribution is -2.07. The van der Waals surface area contributed by atoms with E-state index in [1.54, 1.807) is 6.07 Å². The van der Waals surface area contributed by atoms with Crippen molar-refractivity contribution in [2.45, 2.75) is 32.1 Å². The number of nitrogen functional groups attached to an aromatic ring is 1. The van der Waals surface area contributed by atoms with Gasteiger partial charge in [0.15, 0.2) is 0 Å². The predicted octanol–water partition coefficient (Wildman–Crippen LogP) is 3.72. The highest BCUT2D eigenvalue weighted by Gasteiger charge is 2.09. The van der Waals surface area contributed by atoms with Crippen LogP contribution in [0.1, 0.15) is 32.1 Å². The van der Waals surface area contributed by atoms with Crippen LogP contribution >= 0.6 is 0 Å². The van der Waals surface area contributed by atoms with Crippen LogP contribution in [0.15, 0.2) is 23.8 Å². The zero-order chi connectivity index (χ0) is 13.7. The highest BCUT2D eigenvalue weighted by Crippen LogP contribution is 2.28. The van der Waals surface area contributed by atoms with Crippen LogP contribution in [-0.4, -0.2) is 13.7 Å². The van der Waals surface area contributed by atoms with E-state index in [0.717, 1.165) is 13.0 Å². The maximum Gasteiger partial charge on any atom is 0.148 e. The first-order valence-electron chi connectivity index (χ1n) is 6.75. The van der Waals surface area contributed by atoms with Crippen molar-refractivity contribution in [3.05, 3.63) is 29.6 Å². The Morgan fingerprint density at radius 2 is 2.21 bits per heavy atom. The molecule has 104 valence electrons. The number of halogens is 1. The second kappa shape index (κ2) is 6.45. The predicted molar refractivity (Wildman–Crippen MR) is 77.0 cm³/mol. The minimum absolute atomic E-state index is 0.320. The number of rotatable bonds is 5. The van der Waals surface area contributed by atoms with Crippen molar-refractivity contribution in [2.75, 3.05) is 24.7 Å². The molecule has 0 amide bonds. The molecule has 3 N–H and O–H groups in total. The monoisotopic (exact) mass is 264 g/mol. The molecule has 19 heavy (non-hydrogen) atoms. The summed E-state index contributed by atoms with van der Waals surface area (Å²) in [6, 6.07) is 2.90. The quantitative estimate of drug-likeness (QED) is 0.629. The number of hydrogen-bond donors (Lipinski definition) is 2. The van der Waals surface area contributed by atoms with Gasteiger partial charge in [0.1, 0.15) is 11.6 Å². The van der Waals surface area contributed by atoms with Crippen LogP contribution in [0.5, 0.6) is 5.75 Å². The third kappa shape index (κ3) is 3.63. The molecule has 3 nitrogen and oxygen atoms in total. The van der Waals surface area contributed by atoms with Crippen molar-refractivity contribution in [3.63, 3.8) is 0 Å². The van der Waals surface area contributed by atoms with E-state index in [2.05, 4.69) is 11.4 Å². The summed E-state index contributed by atoms with van der Waals surface area (Å²) in [5.74, 6) is 0.164. The van der Waals surface area contributed by atoms with Crippen LogP contribution < -0.4 is 15.8 Å². The van der Waals surface area contributed by atoms with Gasteiger partial charge < -0.3 is 15.8 Å². The molecule has 1 aliphatic rings. The van der Waals surface area contributed by atoms with Crippen molar-refractivity contribution in [1.29, 1.82) is 0 Å². The van der Waals surface area contributed by atoms with Gasteiger partial charge in [0.25, 0.3) is 0 Å². The van der Waals surface area contributed by atoms with Gasteiger partial charge in [0, 0.05) is 18.7 Å². The number of benzene rings is 1. The van der Waals surface area contributed by atoms with E-state index in [9.17, 15) is 4.39 Å². The first-order valence-corrected chi connectivity index (χ1v) is 6.75. The average molecular weight is 264 g/mol. The van der Waals surface area contributed by atoms with E-state index < -0.39 is 0 Å². The van der Waals surface area contributed by atoms with Gasteiger partial charge in [-0.3, -0.25) is 0 Å². The van der Waals surface area contributed by atoms with Gasteiger partial charge in [-0.15, -0.1) is 0 Å².